The molecule has 0 heterocycles. The maximum absolute atomic E-state index is 12.6. The molecule has 0 saturated carbocycles. The first-order valence-corrected chi connectivity index (χ1v) is 11.9. The SMILES string of the molecule is C/C(=C\CN(C(=O)OC(C)(C)C)C(=O)OC(C)(C)C)c1ccc(N)cc1CS(C)(=O)=O. The van der Waals surface area contributed by atoms with Crippen LogP contribution in [0.3, 0.4) is 0 Å². The van der Waals surface area contributed by atoms with Crippen LogP contribution in [0, 0.1) is 0 Å². The lowest BCUT2D eigenvalue weighted by Gasteiger charge is -2.28. The van der Waals surface area contributed by atoms with Crippen molar-refractivity contribution in [3.05, 3.63) is 35.4 Å². The second kappa shape index (κ2) is 9.72. The van der Waals surface area contributed by atoms with Gasteiger partial charge in [0.2, 0.25) is 0 Å². The van der Waals surface area contributed by atoms with Crippen molar-refractivity contribution in [2.45, 2.75) is 65.4 Å². The Morgan fingerprint density at radius 2 is 1.52 bits per heavy atom. The predicted octanol–water partition coefficient (Wildman–Crippen LogP) is 4.39. The molecule has 0 aliphatic rings. The predicted molar refractivity (Wildman–Crippen MR) is 122 cm³/mol. The third-order valence-electron chi connectivity index (χ3n) is 3.78. The highest BCUT2D eigenvalue weighted by molar-refractivity contribution is 7.89. The molecule has 2 amide bonds. The number of hydrogen-bond acceptors (Lipinski definition) is 7. The number of nitrogens with zero attached hydrogens (tertiary/aromatic N) is 1. The third-order valence-corrected chi connectivity index (χ3v) is 4.62. The van der Waals surface area contributed by atoms with Gasteiger partial charge in [0, 0.05) is 11.9 Å². The van der Waals surface area contributed by atoms with Crippen LogP contribution in [-0.2, 0) is 25.1 Å². The number of allylic oxidation sites excluding steroid dienone is 1. The number of anilines is 1. The lowest BCUT2D eigenvalue weighted by atomic mass is 10.0. The van der Waals surface area contributed by atoms with Crippen molar-refractivity contribution in [2.24, 2.45) is 0 Å². The quantitative estimate of drug-likeness (QED) is 0.656. The van der Waals surface area contributed by atoms with Gasteiger partial charge >= 0.3 is 12.2 Å². The van der Waals surface area contributed by atoms with Gasteiger partial charge in [-0.3, -0.25) is 0 Å². The fraction of sp³-hybridized carbons (Fsp3) is 0.545. The summed E-state index contributed by atoms with van der Waals surface area (Å²) in [5.41, 5.74) is 6.55. The van der Waals surface area contributed by atoms with Gasteiger partial charge in [-0.1, -0.05) is 12.1 Å². The number of benzene rings is 1. The highest BCUT2D eigenvalue weighted by Gasteiger charge is 2.30. The summed E-state index contributed by atoms with van der Waals surface area (Å²) in [6, 6.07) is 4.98. The van der Waals surface area contributed by atoms with E-state index in [2.05, 4.69) is 0 Å². The molecule has 0 spiro atoms. The molecule has 0 unspecified atom stereocenters. The van der Waals surface area contributed by atoms with Crippen molar-refractivity contribution >= 4 is 33.3 Å². The molecular weight excluding hydrogens is 420 g/mol. The third kappa shape index (κ3) is 9.87. The molecular formula is C22H34N2O6S. The number of rotatable bonds is 5. The van der Waals surface area contributed by atoms with E-state index < -0.39 is 33.2 Å². The van der Waals surface area contributed by atoms with Crippen LogP contribution >= 0.6 is 0 Å². The molecule has 0 atom stereocenters. The number of ether oxygens (including phenoxy) is 2. The molecule has 8 nitrogen and oxygen atoms in total. The highest BCUT2D eigenvalue weighted by Crippen LogP contribution is 2.24. The molecule has 31 heavy (non-hydrogen) atoms. The number of imide groups is 1. The second-order valence-electron chi connectivity index (χ2n) is 9.45. The zero-order chi connectivity index (χ0) is 24.2. The van der Waals surface area contributed by atoms with E-state index in [-0.39, 0.29) is 12.3 Å². The van der Waals surface area contributed by atoms with Crippen molar-refractivity contribution in [3.8, 4) is 0 Å². The summed E-state index contributed by atoms with van der Waals surface area (Å²) in [5.74, 6) is -0.180. The molecule has 174 valence electrons. The maximum atomic E-state index is 12.6. The molecule has 0 aliphatic heterocycles. The summed E-state index contributed by atoms with van der Waals surface area (Å²) in [7, 11) is -3.29. The Kier molecular flexibility index (Phi) is 8.30. The lowest BCUT2D eigenvalue weighted by molar-refractivity contribution is 0.00376. The Morgan fingerprint density at radius 1 is 1.03 bits per heavy atom. The van der Waals surface area contributed by atoms with Gasteiger partial charge in [-0.05, 0) is 77.3 Å². The number of nitrogens with two attached hydrogens (primary N) is 1. The smallest absolute Gasteiger partial charge is 0.420 e. The minimum atomic E-state index is -3.29. The zero-order valence-electron chi connectivity index (χ0n) is 19.6. The van der Waals surface area contributed by atoms with E-state index in [0.29, 0.717) is 22.4 Å². The molecule has 0 aliphatic carbocycles. The zero-order valence-corrected chi connectivity index (χ0v) is 20.4. The highest BCUT2D eigenvalue weighted by atomic mass is 32.2. The van der Waals surface area contributed by atoms with Gasteiger partial charge in [0.25, 0.3) is 0 Å². The standard InChI is InChI=1S/C22H34N2O6S/c1-15(18-10-9-17(23)13-16(18)14-31(8,27)28)11-12-24(19(25)29-21(2,3)4)20(26)30-22(5,6)7/h9-11,13H,12,14,23H2,1-8H3/b15-11+. The first-order chi connectivity index (χ1) is 13.9. The van der Waals surface area contributed by atoms with E-state index in [1.165, 1.54) is 0 Å². The summed E-state index contributed by atoms with van der Waals surface area (Å²) in [6.45, 7) is 11.8. The molecule has 0 bridgehead atoms. The second-order valence-corrected chi connectivity index (χ2v) is 11.6. The molecule has 0 aromatic heterocycles. The average Bonchev–Trinajstić information content (AvgIpc) is 2.49. The summed E-state index contributed by atoms with van der Waals surface area (Å²) >= 11 is 0. The van der Waals surface area contributed by atoms with E-state index in [4.69, 9.17) is 15.2 Å². The Bertz CT molecular complexity index is 925. The van der Waals surface area contributed by atoms with E-state index in [1.807, 2.05) is 0 Å². The normalized spacial score (nSPS) is 13.0. The maximum Gasteiger partial charge on any atom is 0.420 e. The molecule has 0 radical (unpaired) electrons. The molecule has 0 saturated heterocycles. The summed E-state index contributed by atoms with van der Waals surface area (Å²) in [4.78, 5) is 26.1. The van der Waals surface area contributed by atoms with Gasteiger partial charge in [-0.15, -0.1) is 0 Å². The van der Waals surface area contributed by atoms with Crippen molar-refractivity contribution in [1.82, 2.24) is 4.90 Å². The van der Waals surface area contributed by atoms with E-state index in [1.54, 1.807) is 72.7 Å². The van der Waals surface area contributed by atoms with Gasteiger partial charge in [0.05, 0.1) is 12.3 Å². The van der Waals surface area contributed by atoms with Gasteiger partial charge < -0.3 is 15.2 Å². The first kappa shape index (κ1) is 26.5. The van der Waals surface area contributed by atoms with Crippen LogP contribution in [0.15, 0.2) is 24.3 Å². The van der Waals surface area contributed by atoms with Gasteiger partial charge in [0.15, 0.2) is 9.84 Å². The number of sulfone groups is 1. The number of amides is 2. The van der Waals surface area contributed by atoms with Crippen molar-refractivity contribution in [2.75, 3.05) is 18.5 Å². The van der Waals surface area contributed by atoms with Gasteiger partial charge in [-0.25, -0.2) is 22.9 Å². The Labute approximate surface area is 185 Å². The van der Waals surface area contributed by atoms with Crippen LogP contribution in [-0.4, -0.2) is 49.5 Å². The summed E-state index contributed by atoms with van der Waals surface area (Å²) < 4.78 is 34.3. The molecule has 1 aromatic rings. The lowest BCUT2D eigenvalue weighted by Crippen LogP contribution is -2.43. The monoisotopic (exact) mass is 454 g/mol. The number of hydrogen-bond donors (Lipinski definition) is 1. The van der Waals surface area contributed by atoms with Crippen LogP contribution in [0.5, 0.6) is 0 Å². The van der Waals surface area contributed by atoms with Crippen LogP contribution in [0.25, 0.3) is 5.57 Å². The first-order valence-electron chi connectivity index (χ1n) is 9.85. The molecule has 0 fully saturated rings. The van der Waals surface area contributed by atoms with Crippen LogP contribution in [0.1, 0.15) is 59.6 Å². The minimum Gasteiger partial charge on any atom is -0.443 e. The fourth-order valence-corrected chi connectivity index (χ4v) is 3.40. The Balaban J connectivity index is 3.26. The van der Waals surface area contributed by atoms with Crippen LogP contribution < -0.4 is 5.73 Å². The van der Waals surface area contributed by atoms with Gasteiger partial charge in [0.1, 0.15) is 11.2 Å². The number of nitrogen functional groups attached to an aromatic ring is 1. The molecule has 2 N–H and O–H groups in total. The minimum absolute atomic E-state index is 0.113. The van der Waals surface area contributed by atoms with E-state index in [0.717, 1.165) is 11.2 Å². The van der Waals surface area contributed by atoms with Crippen LogP contribution in [0.2, 0.25) is 0 Å². The van der Waals surface area contributed by atoms with E-state index in [9.17, 15) is 18.0 Å². The Morgan fingerprint density at radius 3 is 1.94 bits per heavy atom. The fourth-order valence-electron chi connectivity index (χ4n) is 2.60. The largest absolute Gasteiger partial charge is 0.443 e. The molecule has 9 heteroatoms. The number of carbonyl (C=O) groups excluding carboxylic acids is 2. The van der Waals surface area contributed by atoms with E-state index >= 15 is 0 Å². The topological polar surface area (TPSA) is 116 Å². The van der Waals surface area contributed by atoms with Gasteiger partial charge in [-0.2, -0.15) is 0 Å². The molecule has 1 aromatic carbocycles. The van der Waals surface area contributed by atoms with Crippen molar-refractivity contribution in [3.63, 3.8) is 0 Å². The summed E-state index contributed by atoms with van der Waals surface area (Å²) in [5, 5.41) is 0. The van der Waals surface area contributed by atoms with Crippen molar-refractivity contribution in [1.29, 1.82) is 0 Å². The van der Waals surface area contributed by atoms with Crippen LogP contribution in [0.4, 0.5) is 15.3 Å². The average molecular weight is 455 g/mol. The Hall–Kier alpha value is -2.55. The molecule has 1 rings (SSSR count). The summed E-state index contributed by atoms with van der Waals surface area (Å²) in [6.07, 6.45) is 1.12. The number of carbonyl (C=O) groups is 2. The van der Waals surface area contributed by atoms with Crippen molar-refractivity contribution < 1.29 is 27.5 Å².